The minimum atomic E-state index is -0.416. The molecule has 2 aromatic rings. The second kappa shape index (κ2) is 6.95. The molecule has 0 unspecified atom stereocenters. The Balaban J connectivity index is 2.24. The highest BCUT2D eigenvalue weighted by Gasteiger charge is 2.15. The van der Waals surface area contributed by atoms with Crippen molar-refractivity contribution in [2.24, 2.45) is 4.99 Å². The van der Waals surface area contributed by atoms with E-state index < -0.39 is 5.91 Å². The summed E-state index contributed by atoms with van der Waals surface area (Å²) in [5.74, 6) is -0.529. The fraction of sp³-hybridized carbons (Fsp3) is 0. The van der Waals surface area contributed by atoms with Crippen LogP contribution < -0.4 is 5.32 Å². The highest BCUT2D eigenvalue weighted by molar-refractivity contribution is 9.11. The number of aromatic hydroxyl groups is 1. The number of halogens is 2. The van der Waals surface area contributed by atoms with Gasteiger partial charge in [-0.3, -0.25) is 4.79 Å². The predicted octanol–water partition coefficient (Wildman–Crippen LogP) is 4.90. The van der Waals surface area contributed by atoms with E-state index in [1.165, 1.54) is 0 Å². The van der Waals surface area contributed by atoms with E-state index in [0.29, 0.717) is 20.3 Å². The zero-order chi connectivity index (χ0) is 15.4. The molecule has 2 N–H and O–H groups in total. The van der Waals surface area contributed by atoms with Crippen LogP contribution in [0.3, 0.4) is 0 Å². The number of aliphatic imine (C=N–C) groups is 1. The van der Waals surface area contributed by atoms with E-state index in [1.54, 1.807) is 36.4 Å². The van der Waals surface area contributed by atoms with Crippen LogP contribution in [0.15, 0.2) is 50.3 Å². The SMILES string of the molecule is O=C(Nc1ccc(N=C=S)cc1)c1cc(Br)cc(Br)c1O. The first-order valence-corrected chi connectivity index (χ1v) is 7.68. The summed E-state index contributed by atoms with van der Waals surface area (Å²) in [5.41, 5.74) is 1.40. The van der Waals surface area contributed by atoms with Crippen LogP contribution in [0, 0.1) is 0 Å². The van der Waals surface area contributed by atoms with Gasteiger partial charge in [0.1, 0.15) is 5.75 Å². The van der Waals surface area contributed by atoms with Crippen LogP contribution in [-0.2, 0) is 0 Å². The van der Waals surface area contributed by atoms with Crippen molar-refractivity contribution in [2.45, 2.75) is 0 Å². The number of carbonyl (C=O) groups excluding carboxylic acids is 1. The number of nitrogens with one attached hydrogen (secondary N) is 1. The molecule has 2 aromatic carbocycles. The van der Waals surface area contributed by atoms with Gasteiger partial charge in [-0.05, 0) is 64.5 Å². The Morgan fingerprint density at radius 2 is 1.90 bits per heavy atom. The van der Waals surface area contributed by atoms with Crippen LogP contribution in [-0.4, -0.2) is 16.2 Å². The molecule has 0 spiro atoms. The van der Waals surface area contributed by atoms with Crippen LogP contribution in [0.25, 0.3) is 0 Å². The van der Waals surface area contributed by atoms with Crippen molar-refractivity contribution in [3.63, 3.8) is 0 Å². The maximum absolute atomic E-state index is 12.2. The number of hydrogen-bond acceptors (Lipinski definition) is 4. The van der Waals surface area contributed by atoms with Gasteiger partial charge in [0.2, 0.25) is 0 Å². The van der Waals surface area contributed by atoms with Crippen molar-refractivity contribution in [3.05, 3.63) is 50.9 Å². The van der Waals surface area contributed by atoms with Gasteiger partial charge in [0, 0.05) is 10.2 Å². The lowest BCUT2D eigenvalue weighted by atomic mass is 10.2. The van der Waals surface area contributed by atoms with E-state index in [-0.39, 0.29) is 11.3 Å². The van der Waals surface area contributed by atoms with Crippen molar-refractivity contribution < 1.29 is 9.90 Å². The summed E-state index contributed by atoms with van der Waals surface area (Å²) in [6.45, 7) is 0. The lowest BCUT2D eigenvalue weighted by Crippen LogP contribution is -2.12. The number of benzene rings is 2. The van der Waals surface area contributed by atoms with Gasteiger partial charge in [0.05, 0.1) is 20.9 Å². The Morgan fingerprint density at radius 1 is 1.24 bits per heavy atom. The molecule has 4 nitrogen and oxygen atoms in total. The molecule has 0 aliphatic carbocycles. The van der Waals surface area contributed by atoms with E-state index in [9.17, 15) is 9.90 Å². The number of hydrogen-bond donors (Lipinski definition) is 2. The first-order valence-electron chi connectivity index (χ1n) is 5.68. The number of anilines is 1. The van der Waals surface area contributed by atoms with Crippen molar-refractivity contribution in [3.8, 4) is 5.75 Å². The van der Waals surface area contributed by atoms with E-state index >= 15 is 0 Å². The van der Waals surface area contributed by atoms with Crippen LogP contribution in [0.1, 0.15) is 10.4 Å². The minimum Gasteiger partial charge on any atom is -0.506 e. The van der Waals surface area contributed by atoms with Crippen LogP contribution in [0.5, 0.6) is 5.75 Å². The summed E-state index contributed by atoms with van der Waals surface area (Å²) < 4.78 is 1.12. The smallest absolute Gasteiger partial charge is 0.259 e. The van der Waals surface area contributed by atoms with Gasteiger partial charge in [-0.1, -0.05) is 15.9 Å². The number of isothiocyanates is 1. The molecule has 0 aliphatic rings. The quantitative estimate of drug-likeness (QED) is 0.540. The minimum absolute atomic E-state index is 0.113. The van der Waals surface area contributed by atoms with Crippen molar-refractivity contribution >= 4 is 66.5 Å². The summed E-state index contributed by atoms with van der Waals surface area (Å²) >= 11 is 11.0. The highest BCUT2D eigenvalue weighted by Crippen LogP contribution is 2.32. The molecule has 0 saturated carbocycles. The molecule has 0 bridgehead atoms. The summed E-state index contributed by atoms with van der Waals surface area (Å²) in [6.07, 6.45) is 0. The van der Waals surface area contributed by atoms with Gasteiger partial charge in [-0.2, -0.15) is 4.99 Å². The monoisotopic (exact) mass is 426 g/mol. The number of phenolic OH excluding ortho intramolecular Hbond substituents is 1. The highest BCUT2D eigenvalue weighted by atomic mass is 79.9. The van der Waals surface area contributed by atoms with Crippen molar-refractivity contribution in [1.29, 1.82) is 0 Å². The number of amides is 1. The molecular formula is C14H8Br2N2O2S. The third kappa shape index (κ3) is 3.98. The summed E-state index contributed by atoms with van der Waals surface area (Å²) in [4.78, 5) is 16.0. The fourth-order valence-electron chi connectivity index (χ4n) is 1.61. The largest absolute Gasteiger partial charge is 0.506 e. The van der Waals surface area contributed by atoms with Gasteiger partial charge in [0.25, 0.3) is 5.91 Å². The molecule has 0 saturated heterocycles. The number of carbonyl (C=O) groups is 1. The second-order valence-electron chi connectivity index (χ2n) is 3.99. The molecule has 0 radical (unpaired) electrons. The lowest BCUT2D eigenvalue weighted by Gasteiger charge is -2.09. The van der Waals surface area contributed by atoms with Gasteiger partial charge < -0.3 is 10.4 Å². The van der Waals surface area contributed by atoms with Gasteiger partial charge >= 0.3 is 0 Å². The molecule has 2 rings (SSSR count). The Labute approximate surface area is 143 Å². The molecule has 21 heavy (non-hydrogen) atoms. The normalized spacial score (nSPS) is 9.81. The van der Waals surface area contributed by atoms with Gasteiger partial charge in [-0.25, -0.2) is 0 Å². The predicted molar refractivity (Wildman–Crippen MR) is 92.6 cm³/mol. The van der Waals surface area contributed by atoms with Crippen LogP contribution >= 0.6 is 44.1 Å². The summed E-state index contributed by atoms with van der Waals surface area (Å²) in [7, 11) is 0. The Morgan fingerprint density at radius 3 is 2.52 bits per heavy atom. The number of phenols is 1. The average molecular weight is 428 g/mol. The molecule has 7 heteroatoms. The van der Waals surface area contributed by atoms with Crippen LogP contribution in [0.4, 0.5) is 11.4 Å². The van der Waals surface area contributed by atoms with Crippen molar-refractivity contribution in [1.82, 2.24) is 0 Å². The summed E-state index contributed by atoms with van der Waals surface area (Å²) in [6, 6.07) is 9.97. The molecular weight excluding hydrogens is 420 g/mol. The summed E-state index contributed by atoms with van der Waals surface area (Å²) in [5, 5.41) is 14.9. The first-order chi connectivity index (χ1) is 10.0. The van der Waals surface area contributed by atoms with Crippen molar-refractivity contribution in [2.75, 3.05) is 5.32 Å². The van der Waals surface area contributed by atoms with E-state index in [4.69, 9.17) is 0 Å². The Kier molecular flexibility index (Phi) is 5.25. The topological polar surface area (TPSA) is 61.7 Å². The molecule has 0 aliphatic heterocycles. The second-order valence-corrected chi connectivity index (χ2v) is 5.94. The maximum atomic E-state index is 12.2. The maximum Gasteiger partial charge on any atom is 0.259 e. The van der Waals surface area contributed by atoms with Gasteiger partial charge in [0.15, 0.2) is 0 Å². The third-order valence-electron chi connectivity index (χ3n) is 2.57. The number of thiocarbonyl (C=S) groups is 1. The van der Waals surface area contributed by atoms with E-state index in [0.717, 1.165) is 0 Å². The molecule has 1 amide bonds. The molecule has 0 heterocycles. The standard InChI is InChI=1S/C14H8Br2N2O2S/c15-8-5-11(13(19)12(16)6-8)14(20)18-10-3-1-9(2-4-10)17-7-21/h1-6,19H,(H,18,20). The molecule has 0 aromatic heterocycles. The Bertz CT molecular complexity index is 741. The van der Waals surface area contributed by atoms with E-state index in [1.807, 2.05) is 0 Å². The van der Waals surface area contributed by atoms with Crippen LogP contribution in [0.2, 0.25) is 0 Å². The third-order valence-corrected chi connectivity index (χ3v) is 3.73. The Hall–Kier alpha value is -1.53. The van der Waals surface area contributed by atoms with E-state index in [2.05, 4.69) is 59.5 Å². The number of rotatable bonds is 3. The lowest BCUT2D eigenvalue weighted by molar-refractivity contribution is 0.102. The molecule has 0 atom stereocenters. The first kappa shape index (κ1) is 15.9. The zero-order valence-corrected chi connectivity index (χ0v) is 14.4. The molecule has 0 fully saturated rings. The fourth-order valence-corrected chi connectivity index (χ4v) is 2.94. The average Bonchev–Trinajstić information content (AvgIpc) is 2.45. The zero-order valence-electron chi connectivity index (χ0n) is 10.4. The van der Waals surface area contributed by atoms with Gasteiger partial charge in [-0.15, -0.1) is 0 Å². The molecule has 106 valence electrons. The number of nitrogens with zero attached hydrogens (tertiary/aromatic N) is 1.